The SMILES string of the molecule is C#CC#CC#CC#CC[N+](=O)[O-]. The molecule has 0 spiro atoms. The normalized spacial score (nSPS) is 5.25. The van der Waals surface area contributed by atoms with E-state index in [9.17, 15) is 10.1 Å². The van der Waals surface area contributed by atoms with Crippen molar-refractivity contribution in [3.05, 3.63) is 10.1 Å². The number of nitrogens with zero attached hydrogens (tertiary/aromatic N) is 1. The molecule has 0 aromatic carbocycles. The van der Waals surface area contributed by atoms with Gasteiger partial charge in [0, 0.05) is 4.92 Å². The third-order valence-corrected chi connectivity index (χ3v) is 0.619. The fraction of sp³-hybridized carbons (Fsp3) is 0.111. The molecule has 0 atom stereocenters. The number of terminal acetylenes is 1. The van der Waals surface area contributed by atoms with Gasteiger partial charge in [-0.15, -0.1) is 6.42 Å². The summed E-state index contributed by atoms with van der Waals surface area (Å²) in [5, 5.41) is 9.73. The highest BCUT2D eigenvalue weighted by Gasteiger charge is 1.83. The van der Waals surface area contributed by atoms with Gasteiger partial charge in [0.05, 0.1) is 0 Å². The molecule has 0 fully saturated rings. The van der Waals surface area contributed by atoms with E-state index in [1.54, 1.807) is 0 Å². The number of hydrogen-bond donors (Lipinski definition) is 0. The molecule has 0 unspecified atom stereocenters. The first kappa shape index (κ1) is 9.64. The summed E-state index contributed by atoms with van der Waals surface area (Å²) < 4.78 is 0. The van der Waals surface area contributed by atoms with Crippen LogP contribution < -0.4 is 0 Å². The Morgan fingerprint density at radius 1 is 1.17 bits per heavy atom. The molecule has 0 rings (SSSR count). The van der Waals surface area contributed by atoms with Gasteiger partial charge in [0.1, 0.15) is 0 Å². The van der Waals surface area contributed by atoms with Gasteiger partial charge in [0.25, 0.3) is 6.54 Å². The summed E-state index contributed by atoms with van der Waals surface area (Å²) in [5.41, 5.74) is 0. The summed E-state index contributed by atoms with van der Waals surface area (Å²) in [6, 6.07) is 0. The van der Waals surface area contributed by atoms with Crippen LogP contribution in [0.5, 0.6) is 0 Å². The zero-order valence-corrected chi connectivity index (χ0v) is 6.05. The average molecular weight is 157 g/mol. The second-order valence-corrected chi connectivity index (χ2v) is 1.44. The fourth-order valence-electron chi connectivity index (χ4n) is 0.278. The highest BCUT2D eigenvalue weighted by atomic mass is 16.6. The summed E-state index contributed by atoms with van der Waals surface area (Å²) in [6.07, 6.45) is 4.79. The van der Waals surface area contributed by atoms with E-state index in [4.69, 9.17) is 6.42 Å². The largest absolute Gasteiger partial charge is 0.264 e. The molecule has 0 aromatic heterocycles. The van der Waals surface area contributed by atoms with Gasteiger partial charge < -0.3 is 0 Å². The average Bonchev–Trinajstić information content (AvgIpc) is 2.02. The van der Waals surface area contributed by atoms with Crippen LogP contribution >= 0.6 is 0 Å². The Bertz CT molecular complexity index is 382. The van der Waals surface area contributed by atoms with Crippen molar-refractivity contribution in [3.63, 3.8) is 0 Å². The van der Waals surface area contributed by atoms with E-state index in [1.165, 1.54) is 0 Å². The first-order valence-electron chi connectivity index (χ1n) is 2.82. The van der Waals surface area contributed by atoms with E-state index in [2.05, 4.69) is 41.4 Å². The van der Waals surface area contributed by atoms with Gasteiger partial charge in [0.2, 0.25) is 0 Å². The molecule has 0 aliphatic rings. The number of rotatable bonds is 1. The van der Waals surface area contributed by atoms with Crippen LogP contribution in [0, 0.1) is 58.0 Å². The maximum Gasteiger partial charge on any atom is 0.264 e. The number of nitro groups is 1. The lowest BCUT2D eigenvalue weighted by Gasteiger charge is -1.75. The predicted octanol–water partition coefficient (Wildman–Crippen LogP) is -0.0935. The molecule has 12 heavy (non-hydrogen) atoms. The monoisotopic (exact) mass is 157 g/mol. The van der Waals surface area contributed by atoms with E-state index in [0.717, 1.165) is 0 Å². The molecule has 0 saturated carbocycles. The lowest BCUT2D eigenvalue weighted by Crippen LogP contribution is -1.95. The van der Waals surface area contributed by atoms with E-state index < -0.39 is 11.5 Å². The Labute approximate surface area is 70.3 Å². The maximum atomic E-state index is 9.73. The molecule has 3 heteroatoms. The molecule has 0 amide bonds. The van der Waals surface area contributed by atoms with Crippen LogP contribution in [-0.2, 0) is 0 Å². The smallest absolute Gasteiger partial charge is 0.264 e. The predicted molar refractivity (Wildman–Crippen MR) is 44.0 cm³/mol. The van der Waals surface area contributed by atoms with E-state index in [1.807, 2.05) is 0 Å². The highest BCUT2D eigenvalue weighted by Crippen LogP contribution is 1.63. The van der Waals surface area contributed by atoms with Gasteiger partial charge in [-0.05, 0) is 41.4 Å². The van der Waals surface area contributed by atoms with Crippen molar-refractivity contribution in [2.75, 3.05) is 6.54 Å². The van der Waals surface area contributed by atoms with Crippen molar-refractivity contribution >= 4 is 0 Å². The Kier molecular flexibility index (Phi) is 5.43. The molecular weight excluding hydrogens is 154 g/mol. The molecule has 56 valence electrons. The van der Waals surface area contributed by atoms with Crippen LogP contribution in [0.4, 0.5) is 0 Å². The van der Waals surface area contributed by atoms with Gasteiger partial charge in [-0.2, -0.15) is 0 Å². The van der Waals surface area contributed by atoms with Crippen LogP contribution in [0.2, 0.25) is 0 Å². The summed E-state index contributed by atoms with van der Waals surface area (Å²) in [5.74, 6) is 15.7. The van der Waals surface area contributed by atoms with Crippen molar-refractivity contribution in [2.45, 2.75) is 0 Å². The maximum absolute atomic E-state index is 9.73. The molecule has 3 nitrogen and oxygen atoms in total. The first-order valence-corrected chi connectivity index (χ1v) is 2.82. The van der Waals surface area contributed by atoms with Gasteiger partial charge in [-0.1, -0.05) is 0 Å². The van der Waals surface area contributed by atoms with E-state index >= 15 is 0 Å². The quantitative estimate of drug-likeness (QED) is 0.303. The Balaban J connectivity index is 3.92. The van der Waals surface area contributed by atoms with Gasteiger partial charge >= 0.3 is 0 Å². The molecule has 0 bridgehead atoms. The minimum Gasteiger partial charge on any atom is -0.264 e. The van der Waals surface area contributed by atoms with Crippen LogP contribution in [0.15, 0.2) is 0 Å². The zero-order chi connectivity index (χ0) is 9.23. The molecule has 0 saturated heterocycles. The molecule has 0 aliphatic heterocycles. The van der Waals surface area contributed by atoms with Crippen molar-refractivity contribution < 1.29 is 4.92 Å². The standard InChI is InChI=1S/C9H3NO2/c1-2-3-4-5-6-7-8-9-10(11)12/h1H,9H2. The zero-order valence-electron chi connectivity index (χ0n) is 6.05. The van der Waals surface area contributed by atoms with Crippen LogP contribution in [0.3, 0.4) is 0 Å². The van der Waals surface area contributed by atoms with Crippen LogP contribution in [0.1, 0.15) is 0 Å². The molecule has 0 aromatic rings. The summed E-state index contributed by atoms with van der Waals surface area (Å²) in [6.45, 7) is -0.406. The molecule has 0 N–H and O–H groups in total. The van der Waals surface area contributed by atoms with Crippen molar-refractivity contribution in [2.24, 2.45) is 0 Å². The molecule has 0 heterocycles. The van der Waals surface area contributed by atoms with Crippen LogP contribution in [0.25, 0.3) is 0 Å². The van der Waals surface area contributed by atoms with Crippen molar-refractivity contribution in [3.8, 4) is 47.9 Å². The van der Waals surface area contributed by atoms with Crippen LogP contribution in [-0.4, -0.2) is 11.5 Å². The second kappa shape index (κ2) is 6.76. The van der Waals surface area contributed by atoms with E-state index in [-0.39, 0.29) is 0 Å². The topological polar surface area (TPSA) is 43.1 Å². The Morgan fingerprint density at radius 2 is 1.75 bits per heavy atom. The minimum atomic E-state index is -0.540. The Hall–Kier alpha value is -2.36. The highest BCUT2D eigenvalue weighted by molar-refractivity contribution is 5.39. The lowest BCUT2D eigenvalue weighted by atomic mass is 10.5. The summed E-state index contributed by atoms with van der Waals surface area (Å²) in [7, 11) is 0. The lowest BCUT2D eigenvalue weighted by molar-refractivity contribution is -0.466. The molecule has 0 radical (unpaired) electrons. The first-order chi connectivity index (χ1) is 5.77. The molecule has 0 aliphatic carbocycles. The molecular formula is C9H3NO2. The van der Waals surface area contributed by atoms with E-state index in [0.29, 0.717) is 0 Å². The second-order valence-electron chi connectivity index (χ2n) is 1.44. The van der Waals surface area contributed by atoms with Gasteiger partial charge in [-0.3, -0.25) is 10.1 Å². The number of hydrogen-bond acceptors (Lipinski definition) is 2. The van der Waals surface area contributed by atoms with Crippen molar-refractivity contribution in [1.82, 2.24) is 0 Å². The van der Waals surface area contributed by atoms with Gasteiger partial charge in [0.15, 0.2) is 0 Å². The fourth-order valence-corrected chi connectivity index (χ4v) is 0.278. The Morgan fingerprint density at radius 3 is 2.33 bits per heavy atom. The van der Waals surface area contributed by atoms with Crippen molar-refractivity contribution in [1.29, 1.82) is 0 Å². The minimum absolute atomic E-state index is 0.406. The third-order valence-electron chi connectivity index (χ3n) is 0.619. The summed E-state index contributed by atoms with van der Waals surface area (Å²) >= 11 is 0. The third kappa shape index (κ3) is 7.64. The summed E-state index contributed by atoms with van der Waals surface area (Å²) in [4.78, 5) is 9.19. The van der Waals surface area contributed by atoms with Gasteiger partial charge in [-0.25, -0.2) is 0 Å².